The second kappa shape index (κ2) is 7.31. The number of hydrogen-bond acceptors (Lipinski definition) is 1. The largest absolute Gasteiger partial charge is 0.331 e. The van der Waals surface area contributed by atoms with Crippen molar-refractivity contribution in [2.75, 3.05) is 34.2 Å². The van der Waals surface area contributed by atoms with Crippen molar-refractivity contribution >= 4 is 23.8 Å². The van der Waals surface area contributed by atoms with Crippen LogP contribution in [0.25, 0.3) is 6.08 Å². The molecular formula is C15H22ClN2O+. The Balaban J connectivity index is 2.39. The molecule has 0 saturated carbocycles. The smallest absolute Gasteiger partial charge is 0.260 e. The molecule has 0 bridgehead atoms. The summed E-state index contributed by atoms with van der Waals surface area (Å²) in [6.45, 7) is 1.55. The lowest BCUT2D eigenvalue weighted by Gasteiger charge is -2.24. The molecule has 0 aliphatic carbocycles. The van der Waals surface area contributed by atoms with Gasteiger partial charge < -0.3 is 4.48 Å². The minimum absolute atomic E-state index is 0.174. The van der Waals surface area contributed by atoms with Gasteiger partial charge in [-0.05, 0) is 11.6 Å². The first-order valence-corrected chi connectivity index (χ1v) is 6.73. The van der Waals surface area contributed by atoms with Crippen LogP contribution in [-0.2, 0) is 4.79 Å². The molecule has 0 aliphatic heterocycles. The Hall–Kier alpha value is -1.32. The van der Waals surface area contributed by atoms with Gasteiger partial charge in [-0.2, -0.15) is 0 Å². The van der Waals surface area contributed by atoms with Crippen LogP contribution in [0, 0.1) is 0 Å². The van der Waals surface area contributed by atoms with Gasteiger partial charge in [0.15, 0.2) is 0 Å². The molecule has 4 heteroatoms. The molecule has 0 heterocycles. The molecule has 3 nitrogen and oxygen atoms in total. The summed E-state index contributed by atoms with van der Waals surface area (Å²) in [6, 6.07) is 9.70. The Bertz CT molecular complexity index is 424. The molecule has 0 aromatic heterocycles. The third-order valence-corrected chi connectivity index (χ3v) is 2.98. The lowest BCUT2D eigenvalue weighted by molar-refractivity contribution is -0.870. The SMILES string of the molecule is C[N+](C)(C)CCCN(Cl)C(=O)C=Cc1ccccc1. The molecule has 1 aromatic rings. The van der Waals surface area contributed by atoms with Gasteiger partial charge in [0.1, 0.15) is 0 Å². The van der Waals surface area contributed by atoms with E-state index in [-0.39, 0.29) is 5.91 Å². The summed E-state index contributed by atoms with van der Waals surface area (Å²) in [7, 11) is 6.36. The van der Waals surface area contributed by atoms with Crippen molar-refractivity contribution in [2.24, 2.45) is 0 Å². The second-order valence-corrected chi connectivity index (χ2v) is 5.94. The molecule has 0 saturated heterocycles. The highest BCUT2D eigenvalue weighted by molar-refractivity contribution is 6.23. The molecule has 0 aliphatic rings. The van der Waals surface area contributed by atoms with E-state index in [1.165, 1.54) is 10.5 Å². The Morgan fingerprint density at radius 1 is 1.26 bits per heavy atom. The van der Waals surface area contributed by atoms with Crippen LogP contribution in [0.2, 0.25) is 0 Å². The number of carbonyl (C=O) groups excluding carboxylic acids is 1. The average molecular weight is 282 g/mol. The van der Waals surface area contributed by atoms with Gasteiger partial charge in [-0.3, -0.25) is 9.21 Å². The molecule has 19 heavy (non-hydrogen) atoms. The minimum Gasteiger partial charge on any atom is -0.331 e. The van der Waals surface area contributed by atoms with Crippen molar-refractivity contribution in [3.8, 4) is 0 Å². The van der Waals surface area contributed by atoms with E-state index >= 15 is 0 Å². The zero-order valence-corrected chi connectivity index (χ0v) is 12.6. The van der Waals surface area contributed by atoms with Crippen LogP contribution in [0.4, 0.5) is 0 Å². The third kappa shape index (κ3) is 6.99. The molecule has 1 amide bonds. The predicted octanol–water partition coefficient (Wildman–Crippen LogP) is 2.78. The summed E-state index contributed by atoms with van der Waals surface area (Å²) in [5.41, 5.74) is 0.993. The standard InChI is InChI=1S/C15H22ClN2O/c1-18(2,3)13-7-12-17(16)15(19)11-10-14-8-5-4-6-9-14/h4-6,8-11H,7,12-13H2,1-3H3/q+1. The maximum Gasteiger partial charge on any atom is 0.260 e. The lowest BCUT2D eigenvalue weighted by atomic mass is 10.2. The van der Waals surface area contributed by atoms with E-state index in [0.29, 0.717) is 6.54 Å². The molecule has 1 rings (SSSR count). The lowest BCUT2D eigenvalue weighted by Crippen LogP contribution is -2.37. The second-order valence-electron chi connectivity index (χ2n) is 5.54. The van der Waals surface area contributed by atoms with E-state index in [4.69, 9.17) is 11.8 Å². The van der Waals surface area contributed by atoms with Crippen molar-refractivity contribution in [1.29, 1.82) is 0 Å². The molecule has 104 valence electrons. The fourth-order valence-electron chi connectivity index (χ4n) is 1.61. The van der Waals surface area contributed by atoms with Gasteiger partial charge in [-0.25, -0.2) is 0 Å². The zero-order chi connectivity index (χ0) is 14.3. The number of hydrogen-bond donors (Lipinski definition) is 0. The fraction of sp³-hybridized carbons (Fsp3) is 0.400. The summed E-state index contributed by atoms with van der Waals surface area (Å²) < 4.78 is 2.12. The number of amides is 1. The Labute approximate surface area is 120 Å². The number of benzene rings is 1. The van der Waals surface area contributed by atoms with Gasteiger partial charge in [0.05, 0.1) is 27.7 Å². The molecule has 1 aromatic carbocycles. The highest BCUT2D eigenvalue weighted by Crippen LogP contribution is 2.05. The summed E-state index contributed by atoms with van der Waals surface area (Å²) >= 11 is 5.95. The Morgan fingerprint density at radius 3 is 2.47 bits per heavy atom. The molecule has 0 N–H and O–H groups in total. The van der Waals surface area contributed by atoms with E-state index < -0.39 is 0 Å². The van der Waals surface area contributed by atoms with E-state index in [0.717, 1.165) is 23.0 Å². The van der Waals surface area contributed by atoms with Gasteiger partial charge in [-0.15, -0.1) is 0 Å². The molecule has 0 spiro atoms. The van der Waals surface area contributed by atoms with Crippen LogP contribution in [-0.4, -0.2) is 49.0 Å². The molecule has 0 radical (unpaired) electrons. The molecule has 0 atom stereocenters. The molecule has 0 unspecified atom stereocenters. The highest BCUT2D eigenvalue weighted by Gasteiger charge is 2.11. The van der Waals surface area contributed by atoms with Crippen LogP contribution < -0.4 is 0 Å². The quantitative estimate of drug-likeness (QED) is 0.446. The van der Waals surface area contributed by atoms with E-state index in [9.17, 15) is 4.79 Å². The zero-order valence-electron chi connectivity index (χ0n) is 11.8. The van der Waals surface area contributed by atoms with Crippen molar-refractivity contribution in [2.45, 2.75) is 6.42 Å². The van der Waals surface area contributed by atoms with Gasteiger partial charge in [0.25, 0.3) is 5.91 Å². The summed E-state index contributed by atoms with van der Waals surface area (Å²) in [5, 5.41) is 0. The van der Waals surface area contributed by atoms with Crippen LogP contribution in [0.3, 0.4) is 0 Å². The molecule has 0 fully saturated rings. The first kappa shape index (κ1) is 15.7. The monoisotopic (exact) mass is 281 g/mol. The number of rotatable bonds is 6. The van der Waals surface area contributed by atoms with E-state index in [2.05, 4.69) is 21.1 Å². The molecular weight excluding hydrogens is 260 g/mol. The average Bonchev–Trinajstić information content (AvgIpc) is 2.35. The first-order chi connectivity index (χ1) is 8.88. The number of quaternary nitrogens is 1. The van der Waals surface area contributed by atoms with Gasteiger partial charge in [0.2, 0.25) is 0 Å². The van der Waals surface area contributed by atoms with E-state index in [1.54, 1.807) is 6.08 Å². The van der Waals surface area contributed by atoms with Crippen LogP contribution in [0.15, 0.2) is 36.4 Å². The van der Waals surface area contributed by atoms with Crippen LogP contribution >= 0.6 is 11.8 Å². The number of nitrogens with zero attached hydrogens (tertiary/aromatic N) is 2. The van der Waals surface area contributed by atoms with Gasteiger partial charge in [-0.1, -0.05) is 30.3 Å². The summed E-state index contributed by atoms with van der Waals surface area (Å²) in [4.78, 5) is 11.8. The van der Waals surface area contributed by atoms with Crippen molar-refractivity contribution in [3.63, 3.8) is 0 Å². The minimum atomic E-state index is -0.174. The maximum atomic E-state index is 11.8. The normalized spacial score (nSPS) is 11.8. The number of carbonyl (C=O) groups is 1. The fourth-order valence-corrected chi connectivity index (χ4v) is 1.78. The van der Waals surface area contributed by atoms with Crippen molar-refractivity contribution in [3.05, 3.63) is 42.0 Å². The first-order valence-electron chi connectivity index (χ1n) is 6.39. The highest BCUT2D eigenvalue weighted by atomic mass is 35.5. The Morgan fingerprint density at radius 2 is 1.89 bits per heavy atom. The van der Waals surface area contributed by atoms with Crippen molar-refractivity contribution in [1.82, 2.24) is 4.42 Å². The van der Waals surface area contributed by atoms with Crippen LogP contribution in [0.1, 0.15) is 12.0 Å². The Kier molecular flexibility index (Phi) is 6.06. The van der Waals surface area contributed by atoms with Gasteiger partial charge in [0, 0.05) is 30.8 Å². The van der Waals surface area contributed by atoms with E-state index in [1.807, 2.05) is 30.3 Å². The predicted molar refractivity (Wildman–Crippen MR) is 80.6 cm³/mol. The maximum absolute atomic E-state index is 11.8. The summed E-state index contributed by atoms with van der Waals surface area (Å²) in [5.74, 6) is -0.174. The van der Waals surface area contributed by atoms with Gasteiger partial charge >= 0.3 is 0 Å². The topological polar surface area (TPSA) is 20.3 Å². The third-order valence-electron chi connectivity index (χ3n) is 2.64. The van der Waals surface area contributed by atoms with Crippen molar-refractivity contribution < 1.29 is 9.28 Å². The number of halogens is 1. The van der Waals surface area contributed by atoms with Crippen LogP contribution in [0.5, 0.6) is 0 Å². The summed E-state index contributed by atoms with van der Waals surface area (Å²) in [6.07, 6.45) is 4.17.